The summed E-state index contributed by atoms with van der Waals surface area (Å²) in [6.07, 6.45) is 0.982. The number of aryl methyl sites for hydroxylation is 1. The van der Waals surface area contributed by atoms with Crippen molar-refractivity contribution in [2.45, 2.75) is 25.5 Å². The summed E-state index contributed by atoms with van der Waals surface area (Å²) >= 11 is 1.67. The van der Waals surface area contributed by atoms with E-state index < -0.39 is 0 Å². The van der Waals surface area contributed by atoms with Crippen molar-refractivity contribution in [1.82, 2.24) is 0 Å². The highest BCUT2D eigenvalue weighted by atomic mass is 32.2. The first-order valence-corrected chi connectivity index (χ1v) is 8.86. The number of ether oxygens (including phenoxy) is 1. The molecule has 0 spiro atoms. The molecule has 1 heterocycles. The lowest BCUT2D eigenvalue weighted by Gasteiger charge is -2.21. The maximum absolute atomic E-state index is 12.0. The zero-order chi connectivity index (χ0) is 16.4. The first kappa shape index (κ1) is 15.9. The van der Waals surface area contributed by atoms with Crippen LogP contribution in [0.4, 0.5) is 5.69 Å². The van der Waals surface area contributed by atoms with Gasteiger partial charge in [-0.3, -0.25) is 4.79 Å². The molecular formula is C19H21NO2S. The quantitative estimate of drug-likeness (QED) is 0.911. The molecule has 1 N–H and O–H groups in total. The Morgan fingerprint density at radius 1 is 1.26 bits per heavy atom. The van der Waals surface area contributed by atoms with Crippen molar-refractivity contribution in [3.8, 4) is 5.75 Å². The number of thioether (sulfide) groups is 1. The van der Waals surface area contributed by atoms with Crippen molar-refractivity contribution in [2.24, 2.45) is 0 Å². The fourth-order valence-corrected chi connectivity index (χ4v) is 4.19. The molecule has 0 bridgehead atoms. The Kier molecular flexibility index (Phi) is 4.62. The lowest BCUT2D eigenvalue weighted by Crippen LogP contribution is -2.12. The number of hydrogen-bond donors (Lipinski definition) is 1. The lowest BCUT2D eigenvalue weighted by atomic mass is 9.96. The molecule has 0 aromatic heterocycles. The van der Waals surface area contributed by atoms with Crippen LogP contribution in [-0.4, -0.2) is 18.8 Å². The molecule has 3 rings (SSSR count). The van der Waals surface area contributed by atoms with Crippen LogP contribution in [0.5, 0.6) is 5.75 Å². The third kappa shape index (κ3) is 3.08. The molecule has 4 heteroatoms. The van der Waals surface area contributed by atoms with E-state index in [1.807, 2.05) is 18.2 Å². The second-order valence-electron chi connectivity index (χ2n) is 5.69. The minimum atomic E-state index is 0.0588. The topological polar surface area (TPSA) is 38.3 Å². The predicted molar refractivity (Wildman–Crippen MR) is 96.5 cm³/mol. The molecule has 0 saturated heterocycles. The van der Waals surface area contributed by atoms with E-state index in [4.69, 9.17) is 4.74 Å². The van der Waals surface area contributed by atoms with Crippen LogP contribution in [0.1, 0.15) is 34.4 Å². The molecule has 0 unspecified atom stereocenters. The Hall–Kier alpha value is -1.94. The van der Waals surface area contributed by atoms with Gasteiger partial charge in [0.2, 0.25) is 5.91 Å². The Morgan fingerprint density at radius 2 is 2.09 bits per heavy atom. The van der Waals surface area contributed by atoms with E-state index in [-0.39, 0.29) is 11.2 Å². The van der Waals surface area contributed by atoms with Gasteiger partial charge in [0.25, 0.3) is 0 Å². The Bertz CT molecular complexity index is 742. The average molecular weight is 327 g/mol. The van der Waals surface area contributed by atoms with Crippen LogP contribution in [0, 0.1) is 6.92 Å². The Balaban J connectivity index is 2.15. The van der Waals surface area contributed by atoms with E-state index in [1.165, 1.54) is 16.7 Å². The summed E-state index contributed by atoms with van der Waals surface area (Å²) in [4.78, 5) is 12.0. The molecule has 120 valence electrons. The standard InChI is InChI=1S/C19H21NO2S/c1-4-13-8-9-16-15(10-13)19(23-11-18(21)20-16)14-6-5-7-17(22-3)12(14)2/h5-10,19H,4,11H2,1-3H3,(H,20,21)/t19-/m1/s1. The molecule has 1 aliphatic heterocycles. The maximum atomic E-state index is 12.0. The number of benzene rings is 2. The van der Waals surface area contributed by atoms with Crippen molar-refractivity contribution < 1.29 is 9.53 Å². The summed E-state index contributed by atoms with van der Waals surface area (Å²) in [5.74, 6) is 1.40. The third-order valence-electron chi connectivity index (χ3n) is 4.29. The molecule has 1 aliphatic rings. The highest BCUT2D eigenvalue weighted by Gasteiger charge is 2.26. The second-order valence-corrected chi connectivity index (χ2v) is 6.78. The molecule has 3 nitrogen and oxygen atoms in total. The molecule has 0 saturated carbocycles. The van der Waals surface area contributed by atoms with Gasteiger partial charge in [-0.15, -0.1) is 11.8 Å². The maximum Gasteiger partial charge on any atom is 0.234 e. The van der Waals surface area contributed by atoms with Crippen molar-refractivity contribution in [1.29, 1.82) is 0 Å². The fraction of sp³-hybridized carbons (Fsp3) is 0.316. The van der Waals surface area contributed by atoms with E-state index in [9.17, 15) is 4.79 Å². The summed E-state index contributed by atoms with van der Waals surface area (Å²) in [5.41, 5.74) is 5.72. The molecule has 0 fully saturated rings. The zero-order valence-corrected chi connectivity index (χ0v) is 14.5. The first-order valence-electron chi connectivity index (χ1n) is 7.81. The summed E-state index contributed by atoms with van der Waals surface area (Å²) in [5, 5.41) is 3.16. The lowest BCUT2D eigenvalue weighted by molar-refractivity contribution is -0.113. The number of rotatable bonds is 3. The molecule has 1 amide bonds. The number of carbonyl (C=O) groups is 1. The minimum Gasteiger partial charge on any atom is -0.496 e. The van der Waals surface area contributed by atoms with Crippen LogP contribution in [0.2, 0.25) is 0 Å². The van der Waals surface area contributed by atoms with E-state index in [1.54, 1.807) is 18.9 Å². The molecule has 1 atom stereocenters. The smallest absolute Gasteiger partial charge is 0.234 e. The molecular weight excluding hydrogens is 306 g/mol. The SMILES string of the molecule is CCc1ccc2c(c1)[C@@H](c1cccc(OC)c1C)SCC(=O)N2. The van der Waals surface area contributed by atoms with Gasteiger partial charge in [-0.05, 0) is 47.7 Å². The summed E-state index contributed by atoms with van der Waals surface area (Å²) < 4.78 is 5.47. The van der Waals surface area contributed by atoms with Crippen LogP contribution in [0.15, 0.2) is 36.4 Å². The van der Waals surface area contributed by atoms with Crippen molar-refractivity contribution >= 4 is 23.4 Å². The predicted octanol–water partition coefficient (Wildman–Crippen LogP) is 4.34. The van der Waals surface area contributed by atoms with Gasteiger partial charge in [-0.1, -0.05) is 31.2 Å². The average Bonchev–Trinajstić information content (AvgIpc) is 2.73. The van der Waals surface area contributed by atoms with E-state index >= 15 is 0 Å². The van der Waals surface area contributed by atoms with Crippen LogP contribution >= 0.6 is 11.8 Å². The normalized spacial score (nSPS) is 17.2. The molecule has 0 aliphatic carbocycles. The van der Waals surface area contributed by atoms with Gasteiger partial charge in [0.15, 0.2) is 0 Å². The van der Waals surface area contributed by atoms with Crippen molar-refractivity contribution in [3.05, 3.63) is 58.7 Å². The number of carbonyl (C=O) groups excluding carboxylic acids is 1. The van der Waals surface area contributed by atoms with Gasteiger partial charge < -0.3 is 10.1 Å². The number of amides is 1. The van der Waals surface area contributed by atoms with Gasteiger partial charge in [0.1, 0.15) is 5.75 Å². The van der Waals surface area contributed by atoms with Crippen LogP contribution in [-0.2, 0) is 11.2 Å². The van der Waals surface area contributed by atoms with Crippen LogP contribution < -0.4 is 10.1 Å². The van der Waals surface area contributed by atoms with Crippen molar-refractivity contribution in [2.75, 3.05) is 18.2 Å². The summed E-state index contributed by atoms with van der Waals surface area (Å²) in [6.45, 7) is 4.23. The van der Waals surface area contributed by atoms with Crippen LogP contribution in [0.25, 0.3) is 0 Å². The van der Waals surface area contributed by atoms with Crippen LogP contribution in [0.3, 0.4) is 0 Å². The Labute approximate surface area is 141 Å². The third-order valence-corrected chi connectivity index (χ3v) is 5.56. The number of nitrogens with one attached hydrogen (secondary N) is 1. The van der Waals surface area contributed by atoms with Gasteiger partial charge in [0.05, 0.1) is 18.1 Å². The van der Waals surface area contributed by atoms with Gasteiger partial charge in [-0.25, -0.2) is 0 Å². The molecule has 0 radical (unpaired) electrons. The highest BCUT2D eigenvalue weighted by molar-refractivity contribution is 8.00. The minimum absolute atomic E-state index is 0.0588. The highest BCUT2D eigenvalue weighted by Crippen LogP contribution is 2.44. The van der Waals surface area contributed by atoms with Gasteiger partial charge in [0, 0.05) is 5.69 Å². The fourth-order valence-electron chi connectivity index (χ4n) is 2.99. The number of anilines is 1. The van der Waals surface area contributed by atoms with E-state index in [2.05, 4.69) is 37.4 Å². The number of hydrogen-bond acceptors (Lipinski definition) is 3. The molecule has 23 heavy (non-hydrogen) atoms. The van der Waals surface area contributed by atoms with Gasteiger partial charge >= 0.3 is 0 Å². The second kappa shape index (κ2) is 6.67. The van der Waals surface area contributed by atoms with Gasteiger partial charge in [-0.2, -0.15) is 0 Å². The number of fused-ring (bicyclic) bond motifs is 1. The molecule has 2 aromatic carbocycles. The summed E-state index contributed by atoms with van der Waals surface area (Å²) in [7, 11) is 1.70. The summed E-state index contributed by atoms with van der Waals surface area (Å²) in [6, 6.07) is 12.5. The van der Waals surface area contributed by atoms with Crippen molar-refractivity contribution in [3.63, 3.8) is 0 Å². The monoisotopic (exact) mass is 327 g/mol. The first-order chi connectivity index (χ1) is 11.1. The van der Waals surface area contributed by atoms with E-state index in [0.717, 1.165) is 23.4 Å². The number of methoxy groups -OCH3 is 1. The molecule has 2 aromatic rings. The Morgan fingerprint density at radius 3 is 2.83 bits per heavy atom. The zero-order valence-electron chi connectivity index (χ0n) is 13.7. The van der Waals surface area contributed by atoms with E-state index in [0.29, 0.717) is 5.75 Å². The largest absolute Gasteiger partial charge is 0.496 e.